The molecule has 73 heavy (non-hydrogen) atoms. The van der Waals surface area contributed by atoms with Gasteiger partial charge in [0.15, 0.2) is 0 Å². The topological polar surface area (TPSA) is 26.3 Å². The Bertz CT molecular complexity index is 6550. The maximum absolute atomic E-state index is 14.0. The molecule has 0 saturated heterocycles. The Morgan fingerprint density at radius 1 is 0.315 bits per heavy atom. The number of ether oxygens (including phenoxy) is 1. The number of rotatable bonds is 5. The van der Waals surface area contributed by atoms with Gasteiger partial charge in [-0.05, 0) is 341 Å². The average Bonchev–Trinajstić information content (AvgIpc) is 4.26. The molecule has 32 rings (SSSR count). The molecule has 0 bridgehead atoms. The highest BCUT2D eigenvalue weighted by atomic mass is 16.5. The first-order valence-electron chi connectivity index (χ1n) is 28.1. The number of hydrogen-bond donors (Lipinski definition) is 0. The van der Waals surface area contributed by atoms with Crippen molar-refractivity contribution in [3.63, 3.8) is 0 Å². The van der Waals surface area contributed by atoms with E-state index in [1.807, 2.05) is 6.92 Å². The number of carbonyl (C=O) groups is 1. The molecular formula is C71H26O2. The molecule has 322 valence electrons. The van der Waals surface area contributed by atoms with Crippen LogP contribution in [0.25, 0.3) is 215 Å². The first kappa shape index (κ1) is 29.8. The van der Waals surface area contributed by atoms with Crippen molar-refractivity contribution in [2.75, 3.05) is 6.61 Å². The van der Waals surface area contributed by atoms with Crippen LogP contribution in [0.15, 0.2) is 22.3 Å². The minimum Gasteiger partial charge on any atom is -0.466 e. The zero-order valence-electron chi connectivity index (χ0n) is 40.1. The Balaban J connectivity index is 1.12. The van der Waals surface area contributed by atoms with Crippen molar-refractivity contribution in [3.05, 3.63) is 77.9 Å². The van der Waals surface area contributed by atoms with Crippen LogP contribution in [0.5, 0.6) is 0 Å². The van der Waals surface area contributed by atoms with E-state index in [1.165, 1.54) is 0 Å². The fraction of sp³-hybridized carbons (Fsp3) is 0.225. The van der Waals surface area contributed by atoms with Crippen LogP contribution in [0.4, 0.5) is 0 Å². The maximum Gasteiger partial charge on any atom is 0.305 e. The molecule has 0 aromatic heterocycles. The average molecular weight is 911 g/mol. The van der Waals surface area contributed by atoms with Gasteiger partial charge in [0.05, 0.1) is 6.61 Å². The highest BCUT2D eigenvalue weighted by Crippen LogP contribution is 2.93. The van der Waals surface area contributed by atoms with E-state index in [4.69, 9.17) is 4.74 Å². The zero-order chi connectivity index (χ0) is 45.3. The van der Waals surface area contributed by atoms with Crippen LogP contribution in [0.3, 0.4) is 0 Å². The summed E-state index contributed by atoms with van der Waals surface area (Å²) in [6, 6.07) is 0. The third-order valence-electron chi connectivity index (χ3n) is 28.2. The van der Waals surface area contributed by atoms with E-state index >= 15 is 0 Å². The predicted molar refractivity (Wildman–Crippen MR) is 297 cm³/mol. The third-order valence-corrected chi connectivity index (χ3v) is 28.2. The molecule has 0 radical (unpaired) electrons. The molecule has 4 unspecified atom stereocenters. The van der Waals surface area contributed by atoms with E-state index in [2.05, 4.69) is 34.6 Å². The monoisotopic (exact) mass is 910 g/mol. The molecule has 0 amide bonds. The Hall–Kier alpha value is -7.55. The van der Waals surface area contributed by atoms with Crippen LogP contribution in [0.2, 0.25) is 0 Å². The van der Waals surface area contributed by atoms with Gasteiger partial charge in [0, 0.05) is 38.9 Å². The van der Waals surface area contributed by atoms with E-state index in [0.717, 1.165) is 12.8 Å². The molecule has 4 atom stereocenters. The van der Waals surface area contributed by atoms with Gasteiger partial charge in [0.25, 0.3) is 0 Å². The summed E-state index contributed by atoms with van der Waals surface area (Å²) in [6.45, 7) is 16.7. The molecule has 21 aromatic rings. The van der Waals surface area contributed by atoms with Crippen molar-refractivity contribution in [2.24, 2.45) is 5.41 Å². The SMILES string of the molecule is CCOC(=O)CCCC12C3=C4C5=C1C1(C)c6c7c8c9c(c%10c%11c%12c(c%13c%14c%15c(c%16c%17c%18c(c1c1c6c6c8c8c%19c9c%11c9c%11c%12c%14c%12c%14c%15c%17c%15c%17c%18c1c1c6c8c6c(c9%19)c(c%11%12)c(c%14%15)c6c1%17)C%162C)C3%13C)C4%10C)C57C. The zero-order valence-corrected chi connectivity index (χ0v) is 40.1. The molecule has 21 aromatic carbocycles. The van der Waals surface area contributed by atoms with Gasteiger partial charge >= 0.3 is 5.97 Å². The van der Waals surface area contributed by atoms with Crippen LogP contribution in [0.1, 0.15) is 116 Å². The van der Waals surface area contributed by atoms with E-state index in [-0.39, 0.29) is 38.5 Å². The normalized spacial score (nSPS) is 31.4. The quantitative estimate of drug-likeness (QED) is 0.127. The lowest BCUT2D eigenvalue weighted by Crippen LogP contribution is -2.61. The Kier molecular flexibility index (Phi) is 2.69. The summed E-state index contributed by atoms with van der Waals surface area (Å²) in [5.41, 5.74) is 22.5. The van der Waals surface area contributed by atoms with Gasteiger partial charge in [-0.1, -0.05) is 6.92 Å². The van der Waals surface area contributed by atoms with Crippen LogP contribution in [0, 0.1) is 5.41 Å². The summed E-state index contributed by atoms with van der Waals surface area (Å²) in [7, 11) is 0. The first-order valence-corrected chi connectivity index (χ1v) is 28.1. The van der Waals surface area contributed by atoms with Crippen LogP contribution in [-0.2, 0) is 36.6 Å². The van der Waals surface area contributed by atoms with Gasteiger partial charge in [-0.25, -0.2) is 0 Å². The fourth-order valence-electron chi connectivity index (χ4n) is 28.2. The summed E-state index contributed by atoms with van der Waals surface area (Å²) >= 11 is 0. The largest absolute Gasteiger partial charge is 0.466 e. The van der Waals surface area contributed by atoms with Crippen LogP contribution >= 0.6 is 0 Å². The van der Waals surface area contributed by atoms with Crippen molar-refractivity contribution in [2.45, 2.75) is 87.9 Å². The summed E-state index contributed by atoms with van der Waals surface area (Å²) in [5, 5.41) is 66.3. The van der Waals surface area contributed by atoms with Gasteiger partial charge in [0.2, 0.25) is 0 Å². The number of benzene rings is 15. The predicted octanol–water partition coefficient (Wildman–Crippen LogP) is 17.1. The van der Waals surface area contributed by atoms with Gasteiger partial charge in [0.1, 0.15) is 0 Å². The molecule has 0 saturated carbocycles. The summed E-state index contributed by atoms with van der Waals surface area (Å²) in [5.74, 6) is -0.0239. The maximum atomic E-state index is 14.0. The molecule has 0 fully saturated rings. The lowest BCUT2D eigenvalue weighted by atomic mass is 9.36. The highest BCUT2D eigenvalue weighted by molar-refractivity contribution is 6.77. The van der Waals surface area contributed by atoms with Crippen molar-refractivity contribution < 1.29 is 9.53 Å². The van der Waals surface area contributed by atoms with Crippen LogP contribution < -0.4 is 0 Å². The number of allylic oxidation sites excluding steroid dienone is 4. The van der Waals surface area contributed by atoms with Crippen LogP contribution in [-0.4, -0.2) is 12.6 Å². The van der Waals surface area contributed by atoms with Gasteiger partial charge in [-0.3, -0.25) is 4.79 Å². The highest BCUT2D eigenvalue weighted by Gasteiger charge is 2.82. The van der Waals surface area contributed by atoms with Gasteiger partial charge in [-0.2, -0.15) is 0 Å². The van der Waals surface area contributed by atoms with Gasteiger partial charge in [-0.15, -0.1) is 0 Å². The number of hydrogen-bond acceptors (Lipinski definition) is 2. The second-order valence-electron chi connectivity index (χ2n) is 28.4. The summed E-state index contributed by atoms with van der Waals surface area (Å²) < 4.78 is 5.90. The molecule has 2 nitrogen and oxygen atoms in total. The lowest BCUT2D eigenvalue weighted by molar-refractivity contribution is -0.143. The van der Waals surface area contributed by atoms with E-state index in [1.54, 1.807) is 293 Å². The number of esters is 1. The van der Waals surface area contributed by atoms with Crippen molar-refractivity contribution in [1.29, 1.82) is 0 Å². The summed E-state index contributed by atoms with van der Waals surface area (Å²) in [4.78, 5) is 14.0. The molecule has 0 aliphatic heterocycles. The lowest BCUT2D eigenvalue weighted by Gasteiger charge is -2.65. The molecule has 0 spiro atoms. The molecule has 0 N–H and O–H groups in total. The fourth-order valence-corrected chi connectivity index (χ4v) is 28.2. The van der Waals surface area contributed by atoms with Gasteiger partial charge < -0.3 is 4.74 Å². The molecule has 11 aliphatic rings. The van der Waals surface area contributed by atoms with E-state index < -0.39 is 0 Å². The Morgan fingerprint density at radius 3 is 0.795 bits per heavy atom. The summed E-state index contributed by atoms with van der Waals surface area (Å²) in [6.07, 6.45) is 2.28. The smallest absolute Gasteiger partial charge is 0.305 e. The minimum atomic E-state index is -0.338. The molecule has 0 heterocycles. The van der Waals surface area contributed by atoms with Crippen molar-refractivity contribution in [1.82, 2.24) is 0 Å². The minimum absolute atomic E-state index is 0.0239. The van der Waals surface area contributed by atoms with Crippen molar-refractivity contribution >= 4 is 221 Å². The molecule has 11 aliphatic carbocycles. The van der Waals surface area contributed by atoms with E-state index in [0.29, 0.717) is 13.0 Å². The second kappa shape index (κ2) is 6.59. The third kappa shape index (κ3) is 1.58. The standard InChI is InChI=1S/C71H26O2/c1-7-73-11(72)9-8-10-71-64-62-63-65(71)69(5)57-47-37-27-19-14-12-13-15-16(14)21-29(27)39-41-31(21)30-20(15)28-26-18(13)24-22-17(12)23-25(19)35(37)45-43-33(23)32(22)42-44-34(24)36(26)46-48-38(28)40(30)50-51(41)61(59(69)49(39)47)70(71,6)60(50)58(48)68(64,4)56(46)54(44)66(62,2)52(42)53(43)67(63,3)55(45)57/h7-10H2,1-6H3. The Labute approximate surface area is 406 Å². The Morgan fingerprint density at radius 2 is 0.534 bits per heavy atom. The first-order chi connectivity index (χ1) is 35.7. The van der Waals surface area contributed by atoms with E-state index in [9.17, 15) is 4.79 Å². The number of carbonyl (C=O) groups excluding carboxylic acids is 1. The van der Waals surface area contributed by atoms with Crippen molar-refractivity contribution in [3.8, 4) is 0 Å². The molecule has 2 heteroatoms. The second-order valence-corrected chi connectivity index (χ2v) is 28.4. The molecular weight excluding hydrogens is 885 g/mol.